The third kappa shape index (κ3) is 2.12. The van der Waals surface area contributed by atoms with Crippen LogP contribution in [-0.4, -0.2) is 12.1 Å². The quantitative estimate of drug-likeness (QED) is 0.798. The Morgan fingerprint density at radius 1 is 1.57 bits per heavy atom. The third-order valence-electron chi connectivity index (χ3n) is 2.01. The zero-order chi connectivity index (χ0) is 10.7. The molecule has 0 saturated heterocycles. The van der Waals surface area contributed by atoms with Gasteiger partial charge in [0.25, 0.3) is 0 Å². The summed E-state index contributed by atoms with van der Waals surface area (Å²) in [6, 6.07) is 3.76. The normalized spacial score (nSPS) is 12.3. The van der Waals surface area contributed by atoms with Crippen LogP contribution in [0.5, 0.6) is 5.88 Å². The number of methoxy groups -OCH3 is 1. The molecular weight excluding hydrogens is 176 g/mol. The molecule has 0 amide bonds. The summed E-state index contributed by atoms with van der Waals surface area (Å²) in [5.41, 5.74) is 8.44. The van der Waals surface area contributed by atoms with Crippen LogP contribution in [0.4, 0.5) is 0 Å². The summed E-state index contributed by atoms with van der Waals surface area (Å²) in [5.74, 6) is 0.584. The molecule has 0 spiro atoms. The topological polar surface area (TPSA) is 48.1 Å². The van der Waals surface area contributed by atoms with Gasteiger partial charge in [-0.05, 0) is 31.6 Å². The first-order chi connectivity index (χ1) is 6.56. The molecular formula is C11H16N2O. The molecule has 0 saturated carbocycles. The molecule has 0 fully saturated rings. The number of pyridine rings is 1. The fourth-order valence-electron chi connectivity index (χ4n) is 1.20. The number of hydrogen-bond donors (Lipinski definition) is 1. The summed E-state index contributed by atoms with van der Waals surface area (Å²) in [4.78, 5) is 4.31. The highest BCUT2D eigenvalue weighted by atomic mass is 16.5. The van der Waals surface area contributed by atoms with Gasteiger partial charge in [0.15, 0.2) is 0 Å². The predicted molar refractivity (Wildman–Crippen MR) is 58.1 cm³/mol. The molecule has 0 aliphatic carbocycles. The van der Waals surface area contributed by atoms with E-state index in [0.29, 0.717) is 5.88 Å². The van der Waals surface area contributed by atoms with Crippen molar-refractivity contribution in [3.8, 4) is 5.88 Å². The van der Waals surface area contributed by atoms with E-state index in [1.54, 1.807) is 7.11 Å². The van der Waals surface area contributed by atoms with Gasteiger partial charge in [-0.15, -0.1) is 0 Å². The number of nitrogens with two attached hydrogens (primary N) is 1. The van der Waals surface area contributed by atoms with Crippen molar-refractivity contribution in [3.63, 3.8) is 0 Å². The van der Waals surface area contributed by atoms with E-state index in [1.807, 2.05) is 26.0 Å². The zero-order valence-electron chi connectivity index (χ0n) is 8.87. The van der Waals surface area contributed by atoms with Crippen molar-refractivity contribution < 1.29 is 4.74 Å². The Hall–Kier alpha value is -1.35. The average molecular weight is 192 g/mol. The summed E-state index contributed by atoms with van der Waals surface area (Å²) >= 11 is 0. The Labute approximate surface area is 84.6 Å². The lowest BCUT2D eigenvalue weighted by Gasteiger charge is -2.11. The standard InChI is InChI=1S/C11H16N2O/c1-7(2)10-6-5-9(8(3)12)11(13-10)14-4/h5-6,8H,1,12H2,2-4H3. The molecule has 1 heterocycles. The van der Waals surface area contributed by atoms with Gasteiger partial charge >= 0.3 is 0 Å². The predicted octanol–water partition coefficient (Wildman–Crippen LogP) is 2.14. The van der Waals surface area contributed by atoms with Gasteiger partial charge in [0.2, 0.25) is 5.88 Å². The van der Waals surface area contributed by atoms with Crippen LogP contribution < -0.4 is 10.5 Å². The van der Waals surface area contributed by atoms with Gasteiger partial charge in [0.05, 0.1) is 12.8 Å². The van der Waals surface area contributed by atoms with Crippen molar-refractivity contribution in [1.29, 1.82) is 0 Å². The molecule has 0 radical (unpaired) electrons. The Balaban J connectivity index is 3.18. The Morgan fingerprint density at radius 2 is 2.21 bits per heavy atom. The molecule has 3 heteroatoms. The van der Waals surface area contributed by atoms with Gasteiger partial charge in [-0.3, -0.25) is 0 Å². The van der Waals surface area contributed by atoms with Crippen molar-refractivity contribution in [3.05, 3.63) is 30.0 Å². The molecule has 0 aliphatic heterocycles. The fourth-order valence-corrected chi connectivity index (χ4v) is 1.20. The summed E-state index contributed by atoms with van der Waals surface area (Å²) in [6.45, 7) is 7.64. The molecule has 3 nitrogen and oxygen atoms in total. The van der Waals surface area contributed by atoms with E-state index in [0.717, 1.165) is 16.8 Å². The van der Waals surface area contributed by atoms with Crippen LogP contribution in [-0.2, 0) is 0 Å². The first kappa shape index (κ1) is 10.7. The summed E-state index contributed by atoms with van der Waals surface area (Å²) in [7, 11) is 1.59. The summed E-state index contributed by atoms with van der Waals surface area (Å²) in [6.07, 6.45) is 0. The number of nitrogens with zero attached hydrogens (tertiary/aromatic N) is 1. The molecule has 76 valence electrons. The third-order valence-corrected chi connectivity index (χ3v) is 2.01. The van der Waals surface area contributed by atoms with Crippen molar-refractivity contribution in [2.45, 2.75) is 19.9 Å². The molecule has 0 bridgehead atoms. The van der Waals surface area contributed by atoms with Crippen LogP contribution in [0, 0.1) is 0 Å². The maximum Gasteiger partial charge on any atom is 0.218 e. The lowest BCUT2D eigenvalue weighted by atomic mass is 10.1. The van der Waals surface area contributed by atoms with E-state index in [4.69, 9.17) is 10.5 Å². The van der Waals surface area contributed by atoms with E-state index in [9.17, 15) is 0 Å². The smallest absolute Gasteiger partial charge is 0.218 e. The number of allylic oxidation sites excluding steroid dienone is 1. The van der Waals surface area contributed by atoms with E-state index in [2.05, 4.69) is 11.6 Å². The minimum Gasteiger partial charge on any atom is -0.481 e. The first-order valence-corrected chi connectivity index (χ1v) is 4.52. The van der Waals surface area contributed by atoms with Gasteiger partial charge in [0.1, 0.15) is 0 Å². The molecule has 0 aromatic carbocycles. The van der Waals surface area contributed by atoms with Gasteiger partial charge in [-0.2, -0.15) is 0 Å². The minimum atomic E-state index is -0.0726. The number of hydrogen-bond acceptors (Lipinski definition) is 3. The molecule has 1 rings (SSSR count). The fraction of sp³-hybridized carbons (Fsp3) is 0.364. The average Bonchev–Trinajstić information content (AvgIpc) is 2.16. The van der Waals surface area contributed by atoms with Crippen LogP contribution in [0.3, 0.4) is 0 Å². The van der Waals surface area contributed by atoms with Gasteiger partial charge < -0.3 is 10.5 Å². The maximum atomic E-state index is 5.77. The van der Waals surface area contributed by atoms with Crippen molar-refractivity contribution in [1.82, 2.24) is 4.98 Å². The Kier molecular flexibility index (Phi) is 3.25. The van der Waals surface area contributed by atoms with Crippen molar-refractivity contribution in [2.75, 3.05) is 7.11 Å². The first-order valence-electron chi connectivity index (χ1n) is 4.52. The molecule has 2 N–H and O–H groups in total. The largest absolute Gasteiger partial charge is 0.481 e. The van der Waals surface area contributed by atoms with Gasteiger partial charge in [0, 0.05) is 11.6 Å². The number of ether oxygens (including phenoxy) is 1. The van der Waals surface area contributed by atoms with E-state index >= 15 is 0 Å². The molecule has 1 aromatic rings. The highest BCUT2D eigenvalue weighted by Gasteiger charge is 2.09. The maximum absolute atomic E-state index is 5.77. The van der Waals surface area contributed by atoms with Gasteiger partial charge in [-0.1, -0.05) is 6.58 Å². The minimum absolute atomic E-state index is 0.0726. The highest BCUT2D eigenvalue weighted by Crippen LogP contribution is 2.23. The molecule has 0 aliphatic rings. The van der Waals surface area contributed by atoms with E-state index < -0.39 is 0 Å². The molecule has 14 heavy (non-hydrogen) atoms. The second-order valence-electron chi connectivity index (χ2n) is 3.36. The monoisotopic (exact) mass is 192 g/mol. The Morgan fingerprint density at radius 3 is 2.64 bits per heavy atom. The Bertz CT molecular complexity index is 345. The van der Waals surface area contributed by atoms with Crippen molar-refractivity contribution >= 4 is 5.57 Å². The van der Waals surface area contributed by atoms with Crippen LogP contribution in [0.15, 0.2) is 18.7 Å². The summed E-state index contributed by atoms with van der Waals surface area (Å²) < 4.78 is 5.17. The molecule has 1 atom stereocenters. The van der Waals surface area contributed by atoms with Crippen molar-refractivity contribution in [2.24, 2.45) is 5.73 Å². The molecule has 1 unspecified atom stereocenters. The van der Waals surface area contributed by atoms with E-state index in [-0.39, 0.29) is 6.04 Å². The van der Waals surface area contributed by atoms with Crippen LogP contribution in [0.2, 0.25) is 0 Å². The van der Waals surface area contributed by atoms with Gasteiger partial charge in [-0.25, -0.2) is 4.98 Å². The molecule has 1 aromatic heterocycles. The lowest BCUT2D eigenvalue weighted by Crippen LogP contribution is -2.08. The SMILES string of the molecule is C=C(C)c1ccc(C(C)N)c(OC)n1. The number of aromatic nitrogens is 1. The highest BCUT2D eigenvalue weighted by molar-refractivity contribution is 5.58. The van der Waals surface area contributed by atoms with Crippen LogP contribution >= 0.6 is 0 Å². The van der Waals surface area contributed by atoms with Crippen LogP contribution in [0.1, 0.15) is 31.1 Å². The van der Waals surface area contributed by atoms with Crippen LogP contribution in [0.25, 0.3) is 5.57 Å². The van der Waals surface area contributed by atoms with E-state index in [1.165, 1.54) is 0 Å². The second kappa shape index (κ2) is 4.24. The second-order valence-corrected chi connectivity index (χ2v) is 3.36. The summed E-state index contributed by atoms with van der Waals surface area (Å²) in [5, 5.41) is 0. The lowest BCUT2D eigenvalue weighted by molar-refractivity contribution is 0.389. The zero-order valence-corrected chi connectivity index (χ0v) is 8.87. The number of rotatable bonds is 3.